The maximum Gasteiger partial charge on any atom is 0.289 e. The van der Waals surface area contributed by atoms with Gasteiger partial charge in [-0.05, 0) is 25.2 Å². The molecule has 0 spiro atoms. The first-order valence-corrected chi connectivity index (χ1v) is 8.85. The second-order valence-corrected chi connectivity index (χ2v) is 6.93. The highest BCUT2D eigenvalue weighted by Gasteiger charge is 2.27. The third-order valence-electron chi connectivity index (χ3n) is 5.47. The van der Waals surface area contributed by atoms with Gasteiger partial charge in [0.15, 0.2) is 5.76 Å². The van der Waals surface area contributed by atoms with Crippen LogP contribution in [0.2, 0.25) is 0 Å². The standard InChI is InChI=1S/C21H23NO2/c1-14-17-13-12-15-8-6-7-11-18(15)20(17)24-19(14)21(23)22(2)16-9-4-3-5-10-16/h6-8,11-13,16H,3-5,9-10H2,1-2H3. The van der Waals surface area contributed by atoms with Crippen molar-refractivity contribution in [3.63, 3.8) is 0 Å². The molecule has 0 bridgehead atoms. The van der Waals surface area contributed by atoms with E-state index in [9.17, 15) is 4.79 Å². The highest BCUT2D eigenvalue weighted by atomic mass is 16.3. The van der Waals surface area contributed by atoms with Crippen molar-refractivity contribution in [2.24, 2.45) is 0 Å². The Balaban J connectivity index is 1.77. The molecule has 0 atom stereocenters. The first kappa shape index (κ1) is 15.3. The zero-order valence-corrected chi connectivity index (χ0v) is 14.3. The third-order valence-corrected chi connectivity index (χ3v) is 5.47. The summed E-state index contributed by atoms with van der Waals surface area (Å²) in [6.07, 6.45) is 5.92. The predicted molar refractivity (Wildman–Crippen MR) is 97.4 cm³/mol. The van der Waals surface area contributed by atoms with E-state index >= 15 is 0 Å². The SMILES string of the molecule is Cc1c(C(=O)N(C)C2CCCCC2)oc2c1ccc1ccccc12. The van der Waals surface area contributed by atoms with Crippen molar-refractivity contribution in [2.45, 2.75) is 45.1 Å². The lowest BCUT2D eigenvalue weighted by molar-refractivity contribution is 0.0665. The van der Waals surface area contributed by atoms with Gasteiger partial charge in [0.2, 0.25) is 0 Å². The smallest absolute Gasteiger partial charge is 0.289 e. The molecule has 2 aromatic carbocycles. The minimum Gasteiger partial charge on any atom is -0.450 e. The molecule has 3 aromatic rings. The molecule has 3 nitrogen and oxygen atoms in total. The van der Waals surface area contributed by atoms with E-state index in [0.29, 0.717) is 11.8 Å². The maximum absolute atomic E-state index is 13.0. The molecule has 0 radical (unpaired) electrons. The van der Waals surface area contributed by atoms with Gasteiger partial charge in [-0.2, -0.15) is 0 Å². The lowest BCUT2D eigenvalue weighted by Gasteiger charge is -2.30. The number of rotatable bonds is 2. The molecule has 24 heavy (non-hydrogen) atoms. The van der Waals surface area contributed by atoms with Crippen molar-refractivity contribution in [2.75, 3.05) is 7.05 Å². The number of benzene rings is 2. The number of fused-ring (bicyclic) bond motifs is 3. The number of amides is 1. The Morgan fingerprint density at radius 2 is 1.79 bits per heavy atom. The number of furan rings is 1. The summed E-state index contributed by atoms with van der Waals surface area (Å²) in [6.45, 7) is 1.99. The highest BCUT2D eigenvalue weighted by molar-refractivity contribution is 6.08. The minimum atomic E-state index is 0.0136. The van der Waals surface area contributed by atoms with Crippen molar-refractivity contribution >= 4 is 27.6 Å². The van der Waals surface area contributed by atoms with E-state index in [4.69, 9.17) is 4.42 Å². The van der Waals surface area contributed by atoms with Crippen molar-refractivity contribution < 1.29 is 9.21 Å². The summed E-state index contributed by atoms with van der Waals surface area (Å²) < 4.78 is 6.09. The fourth-order valence-electron chi connectivity index (χ4n) is 3.95. The Morgan fingerprint density at radius 3 is 2.58 bits per heavy atom. The molecule has 1 amide bonds. The van der Waals surface area contributed by atoms with Gasteiger partial charge in [-0.15, -0.1) is 0 Å². The summed E-state index contributed by atoms with van der Waals surface area (Å²) >= 11 is 0. The number of aryl methyl sites for hydroxylation is 1. The second-order valence-electron chi connectivity index (χ2n) is 6.93. The lowest BCUT2D eigenvalue weighted by Crippen LogP contribution is -2.38. The Bertz CT molecular complexity index is 903. The fourth-order valence-corrected chi connectivity index (χ4v) is 3.95. The van der Waals surface area contributed by atoms with Gasteiger partial charge >= 0.3 is 0 Å². The summed E-state index contributed by atoms with van der Waals surface area (Å²) in [7, 11) is 1.92. The molecule has 4 rings (SSSR count). The van der Waals surface area contributed by atoms with Crippen LogP contribution in [0.5, 0.6) is 0 Å². The molecular weight excluding hydrogens is 298 g/mol. The van der Waals surface area contributed by atoms with Crippen LogP contribution in [0.25, 0.3) is 21.7 Å². The van der Waals surface area contributed by atoms with Crippen LogP contribution in [0.4, 0.5) is 0 Å². The molecular formula is C21H23NO2. The highest BCUT2D eigenvalue weighted by Crippen LogP contribution is 2.33. The Hall–Kier alpha value is -2.29. The van der Waals surface area contributed by atoms with Crippen LogP contribution in [0.15, 0.2) is 40.8 Å². The van der Waals surface area contributed by atoms with Gasteiger partial charge in [-0.3, -0.25) is 4.79 Å². The van der Waals surface area contributed by atoms with E-state index in [1.54, 1.807) is 0 Å². The van der Waals surface area contributed by atoms with Gasteiger partial charge in [0.25, 0.3) is 5.91 Å². The predicted octanol–water partition coefficient (Wildman–Crippen LogP) is 5.30. The number of carbonyl (C=O) groups excluding carboxylic acids is 1. The Kier molecular flexibility index (Phi) is 3.79. The summed E-state index contributed by atoms with van der Waals surface area (Å²) in [6, 6.07) is 12.7. The average molecular weight is 321 g/mol. The fraction of sp³-hybridized carbons (Fsp3) is 0.381. The normalized spacial score (nSPS) is 15.9. The minimum absolute atomic E-state index is 0.0136. The summed E-state index contributed by atoms with van der Waals surface area (Å²) in [5, 5.41) is 3.24. The average Bonchev–Trinajstić information content (AvgIpc) is 2.98. The van der Waals surface area contributed by atoms with Crippen molar-refractivity contribution in [1.29, 1.82) is 0 Å². The molecule has 1 saturated carbocycles. The van der Waals surface area contributed by atoms with Gasteiger partial charge in [0.1, 0.15) is 5.58 Å². The van der Waals surface area contributed by atoms with Crippen molar-refractivity contribution in [1.82, 2.24) is 4.90 Å². The number of hydrogen-bond donors (Lipinski definition) is 0. The van der Waals surface area contributed by atoms with E-state index < -0.39 is 0 Å². The van der Waals surface area contributed by atoms with Crippen LogP contribution in [0.1, 0.15) is 48.2 Å². The topological polar surface area (TPSA) is 33.5 Å². The van der Waals surface area contributed by atoms with Crippen LogP contribution >= 0.6 is 0 Å². The monoisotopic (exact) mass is 321 g/mol. The Morgan fingerprint density at radius 1 is 1.04 bits per heavy atom. The number of hydrogen-bond acceptors (Lipinski definition) is 2. The van der Waals surface area contributed by atoms with Crippen LogP contribution in [-0.4, -0.2) is 23.9 Å². The molecule has 1 fully saturated rings. The quantitative estimate of drug-likeness (QED) is 0.642. The van der Waals surface area contributed by atoms with E-state index in [1.165, 1.54) is 19.3 Å². The van der Waals surface area contributed by atoms with Gasteiger partial charge < -0.3 is 9.32 Å². The molecule has 124 valence electrons. The molecule has 1 aliphatic rings. The van der Waals surface area contributed by atoms with Crippen LogP contribution in [0.3, 0.4) is 0 Å². The largest absolute Gasteiger partial charge is 0.450 e. The number of nitrogens with zero attached hydrogens (tertiary/aromatic N) is 1. The molecule has 1 aromatic heterocycles. The van der Waals surface area contributed by atoms with E-state index in [2.05, 4.69) is 24.3 Å². The van der Waals surface area contributed by atoms with Gasteiger partial charge in [-0.1, -0.05) is 55.7 Å². The maximum atomic E-state index is 13.0. The van der Waals surface area contributed by atoms with Crippen LogP contribution in [0, 0.1) is 6.92 Å². The first-order chi connectivity index (χ1) is 11.7. The van der Waals surface area contributed by atoms with Crippen LogP contribution in [-0.2, 0) is 0 Å². The van der Waals surface area contributed by atoms with E-state index in [-0.39, 0.29) is 5.91 Å². The third kappa shape index (κ3) is 2.39. The van der Waals surface area contributed by atoms with Crippen molar-refractivity contribution in [3.05, 3.63) is 47.7 Å². The molecule has 3 heteroatoms. The Labute approximate surface area is 142 Å². The molecule has 1 heterocycles. The molecule has 1 aliphatic carbocycles. The van der Waals surface area contributed by atoms with Crippen LogP contribution < -0.4 is 0 Å². The molecule has 0 N–H and O–H groups in total. The second kappa shape index (κ2) is 5.97. The summed E-state index contributed by atoms with van der Waals surface area (Å²) in [4.78, 5) is 14.9. The zero-order chi connectivity index (χ0) is 16.7. The van der Waals surface area contributed by atoms with Gasteiger partial charge in [0.05, 0.1) is 0 Å². The summed E-state index contributed by atoms with van der Waals surface area (Å²) in [5.74, 6) is 0.508. The van der Waals surface area contributed by atoms with E-state index in [0.717, 1.165) is 40.1 Å². The van der Waals surface area contributed by atoms with Gasteiger partial charge in [-0.25, -0.2) is 0 Å². The first-order valence-electron chi connectivity index (χ1n) is 8.85. The van der Waals surface area contributed by atoms with E-state index in [1.807, 2.05) is 31.0 Å². The lowest BCUT2D eigenvalue weighted by atomic mass is 9.94. The summed E-state index contributed by atoms with van der Waals surface area (Å²) in [5.41, 5.74) is 1.77. The zero-order valence-electron chi connectivity index (χ0n) is 14.3. The molecule has 0 unspecified atom stereocenters. The number of carbonyl (C=O) groups is 1. The van der Waals surface area contributed by atoms with Gasteiger partial charge in [0, 0.05) is 29.4 Å². The molecule has 0 aliphatic heterocycles. The van der Waals surface area contributed by atoms with Crippen molar-refractivity contribution in [3.8, 4) is 0 Å². The molecule has 0 saturated heterocycles.